The molecule has 0 aliphatic carbocycles. The van der Waals surface area contributed by atoms with Crippen LogP contribution in [0.25, 0.3) is 0 Å². The van der Waals surface area contributed by atoms with Crippen molar-refractivity contribution in [1.82, 2.24) is 0 Å². The van der Waals surface area contributed by atoms with Crippen molar-refractivity contribution in [2.75, 3.05) is 0 Å². The zero-order valence-corrected chi connectivity index (χ0v) is 9.90. The number of rotatable bonds is 2. The topological polar surface area (TPSA) is 60.2 Å². The average Bonchev–Trinajstić information content (AvgIpc) is 2.15. The molecule has 0 amide bonds. The normalized spacial score (nSPS) is 11.2. The molecule has 1 aromatic rings. The molecular formula is C12H15NO3. The van der Waals surface area contributed by atoms with Crippen LogP contribution in [0, 0.1) is 17.0 Å². The minimum atomic E-state index is -0.471. The third-order valence-electron chi connectivity index (χ3n) is 2.58. The number of hydrogen-bond donors (Lipinski definition) is 0. The summed E-state index contributed by atoms with van der Waals surface area (Å²) in [5.74, 6) is 0. The molecule has 0 spiro atoms. The fraction of sp³-hybridized carbons (Fsp3) is 0.417. The molecule has 0 aromatic heterocycles. The van der Waals surface area contributed by atoms with Gasteiger partial charge in [0.05, 0.1) is 4.92 Å². The lowest BCUT2D eigenvalue weighted by atomic mass is 9.82. The van der Waals surface area contributed by atoms with Gasteiger partial charge in [-0.15, -0.1) is 0 Å². The molecule has 0 radical (unpaired) electrons. The number of carbonyl (C=O) groups excluding carboxylic acids is 1. The molecule has 16 heavy (non-hydrogen) atoms. The zero-order chi connectivity index (χ0) is 12.5. The summed E-state index contributed by atoms with van der Waals surface area (Å²) in [6.07, 6.45) is 0.664. The number of nitro groups is 1. The highest BCUT2D eigenvalue weighted by atomic mass is 16.6. The first-order valence-electron chi connectivity index (χ1n) is 5.02. The van der Waals surface area contributed by atoms with Gasteiger partial charge in [0.15, 0.2) is 6.29 Å². The van der Waals surface area contributed by atoms with E-state index in [-0.39, 0.29) is 11.1 Å². The van der Waals surface area contributed by atoms with Crippen molar-refractivity contribution in [3.8, 4) is 0 Å². The molecule has 0 saturated carbocycles. The predicted molar refractivity (Wildman–Crippen MR) is 61.9 cm³/mol. The summed E-state index contributed by atoms with van der Waals surface area (Å²) in [6.45, 7) is 7.71. The van der Waals surface area contributed by atoms with Crippen LogP contribution in [-0.4, -0.2) is 11.2 Å². The van der Waals surface area contributed by atoms with Gasteiger partial charge in [0, 0.05) is 17.7 Å². The van der Waals surface area contributed by atoms with Crippen LogP contribution in [0.3, 0.4) is 0 Å². The van der Waals surface area contributed by atoms with Crippen molar-refractivity contribution >= 4 is 12.0 Å². The van der Waals surface area contributed by atoms with Gasteiger partial charge in [-0.25, -0.2) is 0 Å². The van der Waals surface area contributed by atoms with Gasteiger partial charge in [-0.05, 0) is 23.5 Å². The summed E-state index contributed by atoms with van der Waals surface area (Å²) in [6, 6.07) is 2.86. The largest absolute Gasteiger partial charge is 0.298 e. The van der Waals surface area contributed by atoms with E-state index in [9.17, 15) is 14.9 Å². The van der Waals surface area contributed by atoms with Gasteiger partial charge >= 0.3 is 0 Å². The van der Waals surface area contributed by atoms with E-state index < -0.39 is 4.92 Å². The fourth-order valence-corrected chi connectivity index (χ4v) is 1.73. The molecule has 0 N–H and O–H groups in total. The van der Waals surface area contributed by atoms with E-state index in [1.807, 2.05) is 27.7 Å². The first-order chi connectivity index (χ1) is 7.27. The Balaban J connectivity index is 3.54. The van der Waals surface area contributed by atoms with E-state index in [0.717, 1.165) is 11.1 Å². The molecule has 0 heterocycles. The van der Waals surface area contributed by atoms with Crippen LogP contribution in [0.2, 0.25) is 0 Å². The van der Waals surface area contributed by atoms with Gasteiger partial charge in [0.25, 0.3) is 5.69 Å². The Labute approximate surface area is 94.4 Å². The lowest BCUT2D eigenvalue weighted by molar-refractivity contribution is -0.385. The zero-order valence-electron chi connectivity index (χ0n) is 9.90. The molecule has 0 atom stereocenters. The summed E-state index contributed by atoms with van der Waals surface area (Å²) in [7, 11) is 0. The van der Waals surface area contributed by atoms with E-state index in [4.69, 9.17) is 0 Å². The smallest absolute Gasteiger partial charge is 0.270 e. The highest BCUT2D eigenvalue weighted by Gasteiger charge is 2.22. The van der Waals surface area contributed by atoms with Crippen molar-refractivity contribution in [3.63, 3.8) is 0 Å². The van der Waals surface area contributed by atoms with E-state index in [1.54, 1.807) is 6.07 Å². The standard InChI is InChI=1S/C12H15NO3/c1-8-9(7-14)5-10(13(15)16)6-11(8)12(2,3)4/h5-7H,1-4H3. The van der Waals surface area contributed by atoms with E-state index in [2.05, 4.69) is 0 Å². The second-order valence-corrected chi connectivity index (χ2v) is 4.83. The van der Waals surface area contributed by atoms with E-state index in [1.165, 1.54) is 6.07 Å². The SMILES string of the molecule is Cc1c(C=O)cc([N+](=O)[O-])cc1C(C)(C)C. The summed E-state index contributed by atoms with van der Waals surface area (Å²) >= 11 is 0. The Hall–Kier alpha value is -1.71. The molecule has 0 bridgehead atoms. The number of nitrogens with zero attached hydrogens (tertiary/aromatic N) is 1. The Morgan fingerprint density at radius 1 is 1.31 bits per heavy atom. The van der Waals surface area contributed by atoms with Gasteiger partial charge < -0.3 is 0 Å². The first-order valence-corrected chi connectivity index (χ1v) is 5.02. The van der Waals surface area contributed by atoms with E-state index >= 15 is 0 Å². The molecule has 0 fully saturated rings. The van der Waals surface area contributed by atoms with Crippen LogP contribution in [-0.2, 0) is 5.41 Å². The molecule has 4 nitrogen and oxygen atoms in total. The molecule has 0 aliphatic rings. The quantitative estimate of drug-likeness (QED) is 0.438. The molecule has 86 valence electrons. The van der Waals surface area contributed by atoms with Crippen molar-refractivity contribution in [2.45, 2.75) is 33.1 Å². The van der Waals surface area contributed by atoms with Crippen molar-refractivity contribution in [3.05, 3.63) is 38.9 Å². The molecular weight excluding hydrogens is 206 g/mol. The highest BCUT2D eigenvalue weighted by Crippen LogP contribution is 2.30. The van der Waals surface area contributed by atoms with Gasteiger partial charge in [-0.3, -0.25) is 14.9 Å². The molecule has 0 aliphatic heterocycles. The Kier molecular flexibility index (Phi) is 3.12. The monoisotopic (exact) mass is 221 g/mol. The van der Waals surface area contributed by atoms with Crippen LogP contribution in [0.5, 0.6) is 0 Å². The first kappa shape index (κ1) is 12.4. The maximum atomic E-state index is 10.9. The summed E-state index contributed by atoms with van der Waals surface area (Å²) in [5.41, 5.74) is 1.79. The number of non-ortho nitro benzene ring substituents is 1. The van der Waals surface area contributed by atoms with Gasteiger partial charge in [-0.1, -0.05) is 20.8 Å². The minimum absolute atomic E-state index is 0.0300. The summed E-state index contributed by atoms with van der Waals surface area (Å²) < 4.78 is 0. The highest BCUT2D eigenvalue weighted by molar-refractivity contribution is 5.79. The Morgan fingerprint density at radius 2 is 1.88 bits per heavy atom. The lowest BCUT2D eigenvalue weighted by Gasteiger charge is -2.22. The van der Waals surface area contributed by atoms with Gasteiger partial charge in [-0.2, -0.15) is 0 Å². The lowest BCUT2D eigenvalue weighted by Crippen LogP contribution is -2.14. The van der Waals surface area contributed by atoms with Crippen molar-refractivity contribution in [2.24, 2.45) is 0 Å². The maximum Gasteiger partial charge on any atom is 0.270 e. The van der Waals surface area contributed by atoms with Gasteiger partial charge in [0.2, 0.25) is 0 Å². The average molecular weight is 221 g/mol. The number of hydrogen-bond acceptors (Lipinski definition) is 3. The van der Waals surface area contributed by atoms with Gasteiger partial charge in [0.1, 0.15) is 0 Å². The molecule has 1 rings (SSSR count). The van der Waals surface area contributed by atoms with Crippen LogP contribution in [0.15, 0.2) is 12.1 Å². The molecule has 0 unspecified atom stereocenters. The third kappa shape index (κ3) is 2.27. The second-order valence-electron chi connectivity index (χ2n) is 4.83. The fourth-order valence-electron chi connectivity index (χ4n) is 1.73. The Morgan fingerprint density at radius 3 is 2.25 bits per heavy atom. The number of nitro benzene ring substituents is 1. The van der Waals surface area contributed by atoms with Crippen LogP contribution < -0.4 is 0 Å². The molecule has 4 heteroatoms. The molecule has 0 saturated heterocycles. The number of carbonyl (C=O) groups is 1. The summed E-state index contributed by atoms with van der Waals surface area (Å²) in [5, 5.41) is 10.7. The second kappa shape index (κ2) is 4.04. The van der Waals surface area contributed by atoms with Crippen molar-refractivity contribution < 1.29 is 9.72 Å². The predicted octanol–water partition coefficient (Wildman–Crippen LogP) is 3.01. The van der Waals surface area contributed by atoms with Crippen LogP contribution >= 0.6 is 0 Å². The maximum absolute atomic E-state index is 10.9. The van der Waals surface area contributed by atoms with Crippen LogP contribution in [0.1, 0.15) is 42.3 Å². The minimum Gasteiger partial charge on any atom is -0.298 e. The Bertz CT molecular complexity index is 444. The van der Waals surface area contributed by atoms with E-state index in [0.29, 0.717) is 11.8 Å². The molecule has 1 aromatic carbocycles. The van der Waals surface area contributed by atoms with Crippen LogP contribution in [0.4, 0.5) is 5.69 Å². The number of benzene rings is 1. The van der Waals surface area contributed by atoms with Crippen molar-refractivity contribution in [1.29, 1.82) is 0 Å². The summed E-state index contributed by atoms with van der Waals surface area (Å²) in [4.78, 5) is 21.1. The number of aldehydes is 1. The third-order valence-corrected chi connectivity index (χ3v) is 2.58.